The van der Waals surface area contributed by atoms with Gasteiger partial charge < -0.3 is 0 Å². The highest BCUT2D eigenvalue weighted by Crippen LogP contribution is 2.03. The van der Waals surface area contributed by atoms with Crippen molar-refractivity contribution in [2.45, 2.75) is 0 Å². The first-order valence-corrected chi connectivity index (χ1v) is 1.89. The molecule has 27 valence electrons. The first-order chi connectivity index (χ1) is 2.50. The third kappa shape index (κ3) is 0.560. The topological polar surface area (TPSA) is 21.3 Å². The van der Waals surface area contributed by atoms with Crippen LogP contribution in [0.25, 0.3) is 0 Å². The van der Waals surface area contributed by atoms with Crippen molar-refractivity contribution in [2.75, 3.05) is 0 Å². The summed E-state index contributed by atoms with van der Waals surface area (Å²) in [4.78, 5) is 0. The molecule has 0 fully saturated rings. The van der Waals surface area contributed by atoms with Gasteiger partial charge in [-0.2, -0.15) is 0 Å². The fourth-order valence-electron chi connectivity index (χ4n) is 0.120. The number of hydroxylamine groups is 1. The maximum Gasteiger partial charge on any atom is 0.0735 e. The second kappa shape index (κ2) is 1.33. The van der Waals surface area contributed by atoms with Crippen molar-refractivity contribution in [3.63, 3.8) is 0 Å². The highest BCUT2D eigenvalue weighted by Gasteiger charge is 1.84. The molecule has 1 N–H and O–H groups in total. The van der Waals surface area contributed by atoms with Gasteiger partial charge in [0, 0.05) is 6.20 Å². The lowest BCUT2D eigenvalue weighted by molar-refractivity contribution is 0.305. The number of rotatable bonds is 0. The third-order valence-corrected chi connectivity index (χ3v) is 0.649. The summed E-state index contributed by atoms with van der Waals surface area (Å²) in [7, 11) is 0. The first-order valence-electron chi connectivity index (χ1n) is 1.15. The highest BCUT2D eigenvalue weighted by atomic mass is 32.2. The maximum atomic E-state index is 4.44. The molecule has 1 rings (SSSR count). The Bertz CT molecular complexity index is 47.6. The van der Waals surface area contributed by atoms with Crippen LogP contribution in [0.15, 0.2) is 6.20 Å². The molecular weight excluding hydrogens is 86.1 g/mol. The van der Waals surface area contributed by atoms with Crippen molar-refractivity contribution in [1.29, 1.82) is 0 Å². The van der Waals surface area contributed by atoms with Gasteiger partial charge in [-0.3, -0.25) is 5.48 Å². The maximum absolute atomic E-state index is 4.44. The molecule has 0 saturated carbocycles. The summed E-state index contributed by atoms with van der Waals surface area (Å²) < 4.78 is 4.44. The molecule has 1 radical (unpaired) electrons. The van der Waals surface area contributed by atoms with Crippen LogP contribution >= 0.6 is 12.0 Å². The van der Waals surface area contributed by atoms with Gasteiger partial charge in [-0.15, -0.1) is 0 Å². The molecule has 2 nitrogen and oxygen atoms in total. The fraction of sp³-hybridized carbons (Fsp3) is 0. The molecule has 0 bridgehead atoms. The Hall–Kier alpha value is -0.150. The van der Waals surface area contributed by atoms with Gasteiger partial charge in [0.25, 0.3) is 0 Å². The Labute approximate surface area is 34.4 Å². The minimum atomic E-state index is 1.16. The Morgan fingerprint density at radius 3 is 3.20 bits per heavy atom. The van der Waals surface area contributed by atoms with Crippen LogP contribution in [0, 0.1) is 5.41 Å². The van der Waals surface area contributed by atoms with Gasteiger partial charge in [-0.05, 0) is 0 Å². The minimum Gasteiger partial charge on any atom is -0.260 e. The van der Waals surface area contributed by atoms with E-state index in [0.717, 1.165) is 12.0 Å². The van der Waals surface area contributed by atoms with Crippen molar-refractivity contribution in [2.24, 2.45) is 0 Å². The quantitative estimate of drug-likeness (QED) is 0.434. The second-order valence-corrected chi connectivity index (χ2v) is 1.12. The lowest BCUT2D eigenvalue weighted by atomic mass is 11.1. The lowest BCUT2D eigenvalue weighted by Gasteiger charge is -1.79. The average Bonchev–Trinajstić information content (AvgIpc) is 1.76. The molecule has 0 unspecified atom stereocenters. The SMILES string of the molecule is [C]1=CNOS1. The van der Waals surface area contributed by atoms with Crippen molar-refractivity contribution in [1.82, 2.24) is 5.48 Å². The van der Waals surface area contributed by atoms with E-state index in [-0.39, 0.29) is 0 Å². The van der Waals surface area contributed by atoms with Crippen molar-refractivity contribution in [3.8, 4) is 0 Å². The molecule has 0 atom stereocenters. The van der Waals surface area contributed by atoms with E-state index in [9.17, 15) is 0 Å². The van der Waals surface area contributed by atoms with E-state index in [4.69, 9.17) is 0 Å². The van der Waals surface area contributed by atoms with Gasteiger partial charge in [0.15, 0.2) is 0 Å². The van der Waals surface area contributed by atoms with Crippen LogP contribution in [-0.4, -0.2) is 0 Å². The van der Waals surface area contributed by atoms with Crippen molar-refractivity contribution < 1.29 is 4.28 Å². The zero-order chi connectivity index (χ0) is 3.54. The smallest absolute Gasteiger partial charge is 0.0735 e. The summed E-state index contributed by atoms with van der Waals surface area (Å²) >= 11 is 1.16. The molecule has 1 aliphatic rings. The molecule has 0 aromatic rings. The summed E-state index contributed by atoms with van der Waals surface area (Å²) in [5.41, 5.74) is 2.45. The predicted molar refractivity (Wildman–Crippen MR) is 19.6 cm³/mol. The van der Waals surface area contributed by atoms with Gasteiger partial charge >= 0.3 is 0 Å². The highest BCUT2D eigenvalue weighted by molar-refractivity contribution is 7.96. The largest absolute Gasteiger partial charge is 0.260 e. The summed E-state index contributed by atoms with van der Waals surface area (Å²) in [5, 5.41) is 2.68. The van der Waals surface area contributed by atoms with Gasteiger partial charge in [-0.25, -0.2) is 4.28 Å². The van der Waals surface area contributed by atoms with Crippen LogP contribution in [0.3, 0.4) is 0 Å². The number of hydrogen-bond acceptors (Lipinski definition) is 3. The predicted octanol–water partition coefficient (Wildman–Crippen LogP) is 0.444. The monoisotopic (exact) mass is 88.0 g/mol. The van der Waals surface area contributed by atoms with E-state index in [1.54, 1.807) is 6.20 Å². The molecule has 0 aliphatic carbocycles. The van der Waals surface area contributed by atoms with Gasteiger partial charge in [0.1, 0.15) is 0 Å². The van der Waals surface area contributed by atoms with Gasteiger partial charge in [0.2, 0.25) is 0 Å². The second-order valence-electron chi connectivity index (χ2n) is 0.547. The Morgan fingerprint density at radius 1 is 2.00 bits per heavy atom. The molecule has 0 spiro atoms. The third-order valence-electron chi connectivity index (χ3n) is 0.256. The zero-order valence-electron chi connectivity index (χ0n) is 2.39. The van der Waals surface area contributed by atoms with Gasteiger partial charge in [-0.1, -0.05) is 0 Å². The van der Waals surface area contributed by atoms with Crippen LogP contribution in [0.2, 0.25) is 0 Å². The summed E-state index contributed by atoms with van der Waals surface area (Å²) in [6.07, 6.45) is 1.60. The minimum absolute atomic E-state index is 1.16. The molecule has 0 aromatic heterocycles. The van der Waals surface area contributed by atoms with Crippen LogP contribution in [0.1, 0.15) is 0 Å². The summed E-state index contributed by atoms with van der Waals surface area (Å²) in [6, 6.07) is 0. The summed E-state index contributed by atoms with van der Waals surface area (Å²) in [5.74, 6) is 0. The van der Waals surface area contributed by atoms with E-state index < -0.39 is 0 Å². The summed E-state index contributed by atoms with van der Waals surface area (Å²) in [6.45, 7) is 0. The van der Waals surface area contributed by atoms with Crippen LogP contribution in [0.5, 0.6) is 0 Å². The molecular formula is C2H2NOS. The van der Waals surface area contributed by atoms with Crippen LogP contribution in [0.4, 0.5) is 0 Å². The standard InChI is InChI=1S/C2H2NOS/c1-2-5-4-3-1/h1,3H. The van der Waals surface area contributed by atoms with E-state index >= 15 is 0 Å². The Kier molecular flexibility index (Phi) is 0.813. The van der Waals surface area contributed by atoms with Crippen LogP contribution in [-0.2, 0) is 4.28 Å². The Balaban J connectivity index is 2.32. The molecule has 1 aliphatic heterocycles. The fourth-order valence-corrected chi connectivity index (χ4v) is 0.361. The molecule has 0 aromatic carbocycles. The zero-order valence-corrected chi connectivity index (χ0v) is 3.21. The van der Waals surface area contributed by atoms with Gasteiger partial charge in [0.05, 0.1) is 17.5 Å². The first kappa shape index (κ1) is 3.06. The molecule has 5 heavy (non-hydrogen) atoms. The number of nitrogens with one attached hydrogen (secondary N) is 1. The normalized spacial score (nSPS) is 19.2. The molecule has 0 saturated heterocycles. The van der Waals surface area contributed by atoms with E-state index in [2.05, 4.69) is 15.2 Å². The Morgan fingerprint density at radius 2 is 3.00 bits per heavy atom. The van der Waals surface area contributed by atoms with Crippen molar-refractivity contribution >= 4 is 12.0 Å². The molecule has 1 heterocycles. The lowest BCUT2D eigenvalue weighted by Crippen LogP contribution is -1.90. The molecule has 0 amide bonds. The average molecular weight is 88.1 g/mol. The number of hydrogen-bond donors (Lipinski definition) is 1. The molecule has 3 heteroatoms. The van der Waals surface area contributed by atoms with E-state index in [1.807, 2.05) is 0 Å². The van der Waals surface area contributed by atoms with Crippen LogP contribution < -0.4 is 5.48 Å². The van der Waals surface area contributed by atoms with E-state index in [0.29, 0.717) is 0 Å². The van der Waals surface area contributed by atoms with Crippen molar-refractivity contribution in [3.05, 3.63) is 11.6 Å². The van der Waals surface area contributed by atoms with E-state index in [1.165, 1.54) is 0 Å².